The SMILES string of the molecule is CCn1c(=O)c(C(=O)NCCCOC(C)C)nc2cccnc21. The van der Waals surface area contributed by atoms with Gasteiger partial charge < -0.3 is 10.1 Å². The van der Waals surface area contributed by atoms with Crippen molar-refractivity contribution in [2.45, 2.75) is 39.8 Å². The third-order valence-electron chi connectivity index (χ3n) is 3.29. The van der Waals surface area contributed by atoms with Gasteiger partial charge in [-0.25, -0.2) is 9.97 Å². The van der Waals surface area contributed by atoms with Gasteiger partial charge in [0.25, 0.3) is 11.5 Å². The molecule has 0 saturated carbocycles. The average molecular weight is 318 g/mol. The standard InChI is InChI=1S/C16H22N4O3/c1-4-20-14-12(7-5-8-17-14)19-13(16(20)22)15(21)18-9-6-10-23-11(2)3/h5,7-8,11H,4,6,9-10H2,1-3H3,(H,18,21). The summed E-state index contributed by atoms with van der Waals surface area (Å²) in [5.74, 6) is -0.465. The quantitative estimate of drug-likeness (QED) is 0.779. The van der Waals surface area contributed by atoms with E-state index in [2.05, 4.69) is 15.3 Å². The smallest absolute Gasteiger partial charge is 0.283 e. The molecule has 0 spiro atoms. The predicted octanol–water partition coefficient (Wildman–Crippen LogP) is 1.36. The zero-order valence-electron chi connectivity index (χ0n) is 13.7. The van der Waals surface area contributed by atoms with Gasteiger partial charge in [0, 0.05) is 25.9 Å². The normalized spacial score (nSPS) is 11.1. The van der Waals surface area contributed by atoms with Crippen LogP contribution in [0.5, 0.6) is 0 Å². The average Bonchev–Trinajstić information content (AvgIpc) is 2.53. The zero-order chi connectivity index (χ0) is 16.8. The van der Waals surface area contributed by atoms with Crippen LogP contribution in [0.3, 0.4) is 0 Å². The topological polar surface area (TPSA) is 86.1 Å². The van der Waals surface area contributed by atoms with Gasteiger partial charge in [-0.05, 0) is 39.3 Å². The Morgan fingerprint density at radius 3 is 2.91 bits per heavy atom. The van der Waals surface area contributed by atoms with Crippen LogP contribution in [0.15, 0.2) is 23.1 Å². The molecule has 23 heavy (non-hydrogen) atoms. The first-order valence-corrected chi connectivity index (χ1v) is 7.80. The molecule has 0 aliphatic rings. The highest BCUT2D eigenvalue weighted by Crippen LogP contribution is 2.06. The summed E-state index contributed by atoms with van der Waals surface area (Å²) in [7, 11) is 0. The highest BCUT2D eigenvalue weighted by molar-refractivity contribution is 5.93. The van der Waals surface area contributed by atoms with Crippen LogP contribution in [0.1, 0.15) is 37.7 Å². The molecule has 1 amide bonds. The van der Waals surface area contributed by atoms with Gasteiger partial charge >= 0.3 is 0 Å². The van der Waals surface area contributed by atoms with E-state index >= 15 is 0 Å². The molecule has 0 aromatic carbocycles. The molecule has 1 N–H and O–H groups in total. The van der Waals surface area contributed by atoms with Gasteiger partial charge in [0.1, 0.15) is 5.52 Å². The fraction of sp³-hybridized carbons (Fsp3) is 0.500. The van der Waals surface area contributed by atoms with E-state index in [0.29, 0.717) is 37.3 Å². The van der Waals surface area contributed by atoms with Crippen molar-refractivity contribution < 1.29 is 9.53 Å². The lowest BCUT2D eigenvalue weighted by molar-refractivity contribution is 0.0756. The Morgan fingerprint density at radius 1 is 1.43 bits per heavy atom. The second-order valence-electron chi connectivity index (χ2n) is 5.38. The molecule has 124 valence electrons. The molecule has 0 atom stereocenters. The van der Waals surface area contributed by atoms with Crippen molar-refractivity contribution in [2.75, 3.05) is 13.2 Å². The van der Waals surface area contributed by atoms with E-state index in [1.165, 1.54) is 4.57 Å². The molecule has 2 aromatic rings. The van der Waals surface area contributed by atoms with E-state index in [4.69, 9.17) is 4.74 Å². The molecule has 7 nitrogen and oxygen atoms in total. The second kappa shape index (κ2) is 7.82. The molecular formula is C16H22N4O3. The van der Waals surface area contributed by atoms with E-state index in [1.807, 2.05) is 20.8 Å². The van der Waals surface area contributed by atoms with Crippen molar-refractivity contribution in [3.63, 3.8) is 0 Å². The van der Waals surface area contributed by atoms with E-state index in [0.717, 1.165) is 0 Å². The van der Waals surface area contributed by atoms with Crippen LogP contribution in [-0.2, 0) is 11.3 Å². The van der Waals surface area contributed by atoms with Crippen LogP contribution in [-0.4, -0.2) is 39.7 Å². The molecule has 2 heterocycles. The van der Waals surface area contributed by atoms with E-state index in [1.54, 1.807) is 18.3 Å². The number of carbonyl (C=O) groups excluding carboxylic acids is 1. The second-order valence-corrected chi connectivity index (χ2v) is 5.38. The number of amides is 1. The third kappa shape index (κ3) is 4.13. The van der Waals surface area contributed by atoms with Crippen molar-refractivity contribution in [3.05, 3.63) is 34.4 Å². The summed E-state index contributed by atoms with van der Waals surface area (Å²) in [6.45, 7) is 7.17. The number of aromatic nitrogens is 3. The molecule has 0 saturated heterocycles. The maximum Gasteiger partial charge on any atom is 0.283 e. The molecule has 7 heteroatoms. The molecule has 0 unspecified atom stereocenters. The van der Waals surface area contributed by atoms with Crippen LogP contribution in [0.2, 0.25) is 0 Å². The number of hydrogen-bond acceptors (Lipinski definition) is 5. The van der Waals surface area contributed by atoms with E-state index < -0.39 is 11.5 Å². The lowest BCUT2D eigenvalue weighted by Crippen LogP contribution is -2.35. The van der Waals surface area contributed by atoms with Crippen LogP contribution < -0.4 is 10.9 Å². The lowest BCUT2D eigenvalue weighted by Gasteiger charge is -2.10. The number of aryl methyl sites for hydroxylation is 1. The number of nitrogens with one attached hydrogen (secondary N) is 1. The molecule has 2 aromatic heterocycles. The summed E-state index contributed by atoms with van der Waals surface area (Å²) in [6, 6.07) is 3.46. The highest BCUT2D eigenvalue weighted by Gasteiger charge is 2.17. The number of hydrogen-bond donors (Lipinski definition) is 1. The summed E-state index contributed by atoms with van der Waals surface area (Å²) in [4.78, 5) is 33.0. The fourth-order valence-electron chi connectivity index (χ4n) is 2.19. The number of nitrogens with zero attached hydrogens (tertiary/aromatic N) is 3. The van der Waals surface area contributed by atoms with Gasteiger partial charge in [-0.2, -0.15) is 0 Å². The number of rotatable bonds is 7. The van der Waals surface area contributed by atoms with E-state index in [-0.39, 0.29) is 11.8 Å². The predicted molar refractivity (Wildman–Crippen MR) is 87.5 cm³/mol. The van der Waals surface area contributed by atoms with Crippen molar-refractivity contribution in [1.29, 1.82) is 0 Å². The van der Waals surface area contributed by atoms with Crippen LogP contribution >= 0.6 is 0 Å². The first-order chi connectivity index (χ1) is 11.0. The number of fused-ring (bicyclic) bond motifs is 1. The molecule has 0 fully saturated rings. The number of pyridine rings is 1. The van der Waals surface area contributed by atoms with E-state index in [9.17, 15) is 9.59 Å². The summed E-state index contributed by atoms with van der Waals surface area (Å²) < 4.78 is 6.86. The maximum absolute atomic E-state index is 12.4. The van der Waals surface area contributed by atoms with Gasteiger partial charge in [0.2, 0.25) is 0 Å². The number of carbonyl (C=O) groups is 1. The molecule has 0 radical (unpaired) electrons. The third-order valence-corrected chi connectivity index (χ3v) is 3.29. The molecule has 0 aliphatic heterocycles. The minimum atomic E-state index is -0.465. The van der Waals surface area contributed by atoms with Crippen molar-refractivity contribution in [1.82, 2.24) is 19.9 Å². The van der Waals surface area contributed by atoms with Crippen molar-refractivity contribution >= 4 is 17.1 Å². The maximum atomic E-state index is 12.4. The first kappa shape index (κ1) is 17.1. The summed E-state index contributed by atoms with van der Waals surface area (Å²) in [5.41, 5.74) is 0.496. The van der Waals surface area contributed by atoms with Crippen molar-refractivity contribution in [2.24, 2.45) is 0 Å². The minimum Gasteiger partial charge on any atom is -0.379 e. The molecule has 2 rings (SSSR count). The Bertz CT molecular complexity index is 740. The minimum absolute atomic E-state index is 0.0999. The molecular weight excluding hydrogens is 296 g/mol. The summed E-state index contributed by atoms with van der Waals surface area (Å²) in [6.07, 6.45) is 2.45. The van der Waals surface area contributed by atoms with Gasteiger partial charge in [0.05, 0.1) is 6.10 Å². The van der Waals surface area contributed by atoms with Crippen LogP contribution in [0, 0.1) is 0 Å². The van der Waals surface area contributed by atoms with Gasteiger partial charge in [-0.1, -0.05) is 0 Å². The summed E-state index contributed by atoms with van der Waals surface area (Å²) >= 11 is 0. The zero-order valence-corrected chi connectivity index (χ0v) is 13.7. The molecule has 0 aliphatic carbocycles. The van der Waals surface area contributed by atoms with Crippen LogP contribution in [0.4, 0.5) is 0 Å². The van der Waals surface area contributed by atoms with Crippen LogP contribution in [0.25, 0.3) is 11.2 Å². The van der Waals surface area contributed by atoms with Crippen molar-refractivity contribution in [3.8, 4) is 0 Å². The largest absolute Gasteiger partial charge is 0.379 e. The first-order valence-electron chi connectivity index (χ1n) is 7.80. The Hall–Kier alpha value is -2.28. The Labute approximate surface area is 134 Å². The Balaban J connectivity index is 2.14. The van der Waals surface area contributed by atoms with Gasteiger partial charge in [-0.3, -0.25) is 14.2 Å². The summed E-state index contributed by atoms with van der Waals surface area (Å²) in [5, 5.41) is 2.71. The fourth-order valence-corrected chi connectivity index (χ4v) is 2.19. The Morgan fingerprint density at radius 2 is 2.22 bits per heavy atom. The van der Waals surface area contributed by atoms with Gasteiger partial charge in [-0.15, -0.1) is 0 Å². The number of ether oxygens (including phenoxy) is 1. The highest BCUT2D eigenvalue weighted by atomic mass is 16.5. The van der Waals surface area contributed by atoms with Gasteiger partial charge in [0.15, 0.2) is 11.3 Å². The molecule has 0 bridgehead atoms. The lowest BCUT2D eigenvalue weighted by atomic mass is 10.3. The monoisotopic (exact) mass is 318 g/mol. The Kier molecular flexibility index (Phi) is 5.81.